The second kappa shape index (κ2) is 8.06. The van der Waals surface area contributed by atoms with Crippen molar-refractivity contribution < 1.29 is 4.74 Å². The van der Waals surface area contributed by atoms with E-state index in [0.29, 0.717) is 18.0 Å². The van der Waals surface area contributed by atoms with Gasteiger partial charge in [-0.3, -0.25) is 0 Å². The van der Waals surface area contributed by atoms with Gasteiger partial charge in [-0.25, -0.2) is 0 Å². The molecule has 3 atom stereocenters. The van der Waals surface area contributed by atoms with Gasteiger partial charge in [-0.1, -0.05) is 20.3 Å². The molecular weight excluding hydrogens is 212 g/mol. The quantitative estimate of drug-likeness (QED) is 0.744. The molecule has 0 aliphatic carbocycles. The summed E-state index contributed by atoms with van der Waals surface area (Å²) < 4.78 is 5.55. The molecule has 17 heavy (non-hydrogen) atoms. The van der Waals surface area contributed by atoms with E-state index in [1.165, 1.54) is 19.3 Å². The molecule has 3 unspecified atom stereocenters. The minimum atomic E-state index is 0.319. The topological polar surface area (TPSA) is 38.5 Å². The van der Waals surface area contributed by atoms with E-state index in [4.69, 9.17) is 10.5 Å². The Labute approximate surface area is 107 Å². The van der Waals surface area contributed by atoms with Gasteiger partial charge >= 0.3 is 0 Å². The number of likely N-dealkylation sites (N-methyl/N-ethyl adjacent to an activating group) is 1. The van der Waals surface area contributed by atoms with Gasteiger partial charge in [0.1, 0.15) is 0 Å². The van der Waals surface area contributed by atoms with Gasteiger partial charge in [0.05, 0.1) is 6.61 Å². The van der Waals surface area contributed by atoms with Crippen LogP contribution in [0.5, 0.6) is 0 Å². The van der Waals surface area contributed by atoms with E-state index < -0.39 is 0 Å². The van der Waals surface area contributed by atoms with Crippen LogP contribution >= 0.6 is 0 Å². The Balaban J connectivity index is 2.38. The lowest BCUT2D eigenvalue weighted by Gasteiger charge is -2.35. The summed E-state index contributed by atoms with van der Waals surface area (Å²) in [4.78, 5) is 2.46. The molecule has 102 valence electrons. The maximum absolute atomic E-state index is 6.27. The predicted molar refractivity (Wildman–Crippen MR) is 73.1 cm³/mol. The number of ether oxygens (including phenoxy) is 1. The Morgan fingerprint density at radius 3 is 2.71 bits per heavy atom. The first-order valence-electron chi connectivity index (χ1n) is 7.22. The van der Waals surface area contributed by atoms with Crippen LogP contribution in [-0.2, 0) is 4.74 Å². The van der Waals surface area contributed by atoms with Gasteiger partial charge in [-0.2, -0.15) is 0 Å². The highest BCUT2D eigenvalue weighted by molar-refractivity contribution is 4.81. The number of hydrogen-bond donors (Lipinski definition) is 1. The molecule has 0 aromatic heterocycles. The zero-order valence-corrected chi connectivity index (χ0v) is 11.8. The summed E-state index contributed by atoms with van der Waals surface area (Å²) in [7, 11) is 2.22. The Hall–Kier alpha value is -0.120. The summed E-state index contributed by atoms with van der Waals surface area (Å²) in [6.45, 7) is 7.47. The van der Waals surface area contributed by atoms with Gasteiger partial charge in [0.2, 0.25) is 0 Å². The van der Waals surface area contributed by atoms with Crippen molar-refractivity contribution in [1.82, 2.24) is 4.90 Å². The van der Waals surface area contributed by atoms with Crippen LogP contribution in [0.1, 0.15) is 46.0 Å². The molecule has 1 aliphatic rings. The van der Waals surface area contributed by atoms with Gasteiger partial charge < -0.3 is 15.4 Å². The molecule has 1 saturated heterocycles. The fraction of sp³-hybridized carbons (Fsp3) is 1.00. The van der Waals surface area contributed by atoms with Crippen LogP contribution in [0.4, 0.5) is 0 Å². The van der Waals surface area contributed by atoms with Gasteiger partial charge in [-0.05, 0) is 38.6 Å². The second-order valence-corrected chi connectivity index (χ2v) is 5.45. The van der Waals surface area contributed by atoms with E-state index in [1.807, 2.05) is 0 Å². The summed E-state index contributed by atoms with van der Waals surface area (Å²) in [5.74, 6) is 0.705. The third-order valence-electron chi connectivity index (χ3n) is 3.90. The Morgan fingerprint density at radius 1 is 1.41 bits per heavy atom. The highest BCUT2D eigenvalue weighted by Crippen LogP contribution is 2.18. The van der Waals surface area contributed by atoms with Crippen molar-refractivity contribution in [3.8, 4) is 0 Å². The molecule has 0 spiro atoms. The van der Waals surface area contributed by atoms with E-state index >= 15 is 0 Å². The zero-order valence-electron chi connectivity index (χ0n) is 11.8. The first-order chi connectivity index (χ1) is 8.19. The molecule has 0 bridgehead atoms. The molecule has 0 aromatic carbocycles. The molecule has 0 radical (unpaired) electrons. The molecule has 1 aliphatic heterocycles. The number of hydrogen-bond acceptors (Lipinski definition) is 3. The minimum absolute atomic E-state index is 0.319. The van der Waals surface area contributed by atoms with Crippen LogP contribution in [-0.4, -0.2) is 43.8 Å². The van der Waals surface area contributed by atoms with Crippen molar-refractivity contribution in [2.45, 2.75) is 58.0 Å². The highest BCUT2D eigenvalue weighted by Gasteiger charge is 2.23. The molecule has 0 saturated carbocycles. The molecule has 1 rings (SSSR count). The molecule has 3 heteroatoms. The normalized spacial score (nSPS) is 24.9. The van der Waals surface area contributed by atoms with Crippen molar-refractivity contribution in [3.05, 3.63) is 0 Å². The third-order valence-corrected chi connectivity index (χ3v) is 3.90. The maximum Gasteiger partial charge on any atom is 0.0506 e. The van der Waals surface area contributed by atoms with Gasteiger partial charge in [0.15, 0.2) is 0 Å². The predicted octanol–water partition coefficient (Wildman–Crippen LogP) is 2.25. The fourth-order valence-electron chi connectivity index (χ4n) is 2.96. The van der Waals surface area contributed by atoms with Crippen LogP contribution in [0, 0.1) is 5.92 Å². The Kier molecular flexibility index (Phi) is 7.09. The average Bonchev–Trinajstić information content (AvgIpc) is 2.31. The van der Waals surface area contributed by atoms with Crippen molar-refractivity contribution in [3.63, 3.8) is 0 Å². The zero-order chi connectivity index (χ0) is 12.7. The van der Waals surface area contributed by atoms with Crippen LogP contribution in [0.3, 0.4) is 0 Å². The van der Waals surface area contributed by atoms with Gasteiger partial charge in [-0.15, -0.1) is 0 Å². The van der Waals surface area contributed by atoms with Crippen LogP contribution in [0.25, 0.3) is 0 Å². The first-order valence-corrected chi connectivity index (χ1v) is 7.22. The first kappa shape index (κ1) is 14.9. The highest BCUT2D eigenvalue weighted by atomic mass is 16.5. The molecule has 1 heterocycles. The lowest BCUT2D eigenvalue weighted by atomic mass is 9.97. The summed E-state index contributed by atoms with van der Waals surface area (Å²) in [5, 5.41) is 0. The average molecular weight is 242 g/mol. The smallest absolute Gasteiger partial charge is 0.0506 e. The van der Waals surface area contributed by atoms with Crippen molar-refractivity contribution >= 4 is 0 Å². The van der Waals surface area contributed by atoms with Crippen LogP contribution in [0.15, 0.2) is 0 Å². The number of nitrogens with two attached hydrogens (primary N) is 1. The minimum Gasteiger partial charge on any atom is -0.381 e. The lowest BCUT2D eigenvalue weighted by Crippen LogP contribution is -2.47. The van der Waals surface area contributed by atoms with Crippen molar-refractivity contribution in [2.24, 2.45) is 11.7 Å². The maximum atomic E-state index is 6.27. The van der Waals surface area contributed by atoms with Crippen molar-refractivity contribution in [2.75, 3.05) is 26.8 Å². The molecule has 1 fully saturated rings. The fourth-order valence-corrected chi connectivity index (χ4v) is 2.96. The summed E-state index contributed by atoms with van der Waals surface area (Å²) in [5.41, 5.74) is 6.27. The second-order valence-electron chi connectivity index (χ2n) is 5.45. The number of rotatable bonds is 7. The van der Waals surface area contributed by atoms with E-state index in [2.05, 4.69) is 25.8 Å². The molecular formula is C14H30N2O. The van der Waals surface area contributed by atoms with Crippen molar-refractivity contribution in [1.29, 1.82) is 0 Å². The van der Waals surface area contributed by atoms with E-state index in [0.717, 1.165) is 32.6 Å². The summed E-state index contributed by atoms with van der Waals surface area (Å²) in [6.07, 6.45) is 5.98. The van der Waals surface area contributed by atoms with Gasteiger partial charge in [0.25, 0.3) is 0 Å². The number of nitrogens with zero attached hydrogens (tertiary/aromatic N) is 1. The molecule has 3 nitrogen and oxygen atoms in total. The van der Waals surface area contributed by atoms with E-state index in [9.17, 15) is 0 Å². The van der Waals surface area contributed by atoms with Gasteiger partial charge in [0, 0.05) is 25.2 Å². The molecule has 0 aromatic rings. The van der Waals surface area contributed by atoms with E-state index in [1.54, 1.807) is 0 Å². The summed E-state index contributed by atoms with van der Waals surface area (Å²) >= 11 is 0. The van der Waals surface area contributed by atoms with Crippen LogP contribution in [0.2, 0.25) is 0 Å². The lowest BCUT2D eigenvalue weighted by molar-refractivity contribution is 0.0335. The summed E-state index contributed by atoms with van der Waals surface area (Å²) in [6, 6.07) is 0.844. The molecule has 0 amide bonds. The third kappa shape index (κ3) is 4.94. The Bertz CT molecular complexity index is 193. The Morgan fingerprint density at radius 2 is 2.18 bits per heavy atom. The van der Waals surface area contributed by atoms with E-state index in [-0.39, 0.29) is 0 Å². The largest absolute Gasteiger partial charge is 0.381 e. The van der Waals surface area contributed by atoms with Crippen LogP contribution < -0.4 is 5.73 Å². The molecule has 2 N–H and O–H groups in total. The monoisotopic (exact) mass is 242 g/mol. The standard InChI is InChI=1S/C14H30N2O/c1-4-7-13(15)14(5-2)16(3)10-12-8-6-9-17-11-12/h12-14H,4-11,15H2,1-3H3. The SMILES string of the molecule is CCCC(N)C(CC)N(C)CC1CCCOC1.